The molecule has 0 atom stereocenters. The van der Waals surface area contributed by atoms with E-state index in [4.69, 9.17) is 17.3 Å². The molecule has 0 spiro atoms. The molecule has 3 aromatic rings. The lowest BCUT2D eigenvalue weighted by Crippen LogP contribution is -2.30. The van der Waals surface area contributed by atoms with Gasteiger partial charge in [-0.1, -0.05) is 17.7 Å². The predicted octanol–water partition coefficient (Wildman–Crippen LogP) is 4.09. The Labute approximate surface area is 166 Å². The molecule has 142 valence electrons. The first-order valence-electron chi connectivity index (χ1n) is 8.45. The molecule has 0 radical (unpaired) electrons. The van der Waals surface area contributed by atoms with E-state index in [1.165, 1.54) is 25.3 Å². The van der Waals surface area contributed by atoms with Gasteiger partial charge >= 0.3 is 0 Å². The highest BCUT2D eigenvalue weighted by Gasteiger charge is 2.14. The van der Waals surface area contributed by atoms with Crippen molar-refractivity contribution < 1.29 is 9.18 Å². The number of amidine groups is 1. The summed E-state index contributed by atoms with van der Waals surface area (Å²) in [5.41, 5.74) is 8.73. The van der Waals surface area contributed by atoms with Crippen molar-refractivity contribution in [2.24, 2.45) is 10.7 Å². The molecule has 1 aromatic heterocycles. The summed E-state index contributed by atoms with van der Waals surface area (Å²) in [5.74, 6) is -0.521. The van der Waals surface area contributed by atoms with Crippen molar-refractivity contribution in [3.05, 3.63) is 82.3 Å². The minimum atomic E-state index is -0.432. The Balaban J connectivity index is 1.87. The van der Waals surface area contributed by atoms with Crippen molar-refractivity contribution in [1.82, 2.24) is 10.3 Å². The van der Waals surface area contributed by atoms with Gasteiger partial charge in [-0.15, -0.1) is 0 Å². The van der Waals surface area contributed by atoms with Gasteiger partial charge in [0.15, 0.2) is 0 Å². The van der Waals surface area contributed by atoms with Crippen LogP contribution in [0.15, 0.2) is 59.7 Å². The lowest BCUT2D eigenvalue weighted by molar-refractivity contribution is 0.0977. The van der Waals surface area contributed by atoms with Crippen LogP contribution in [0.4, 0.5) is 4.39 Å². The second-order valence-electron chi connectivity index (χ2n) is 6.15. The van der Waals surface area contributed by atoms with Crippen molar-refractivity contribution in [3.8, 4) is 0 Å². The lowest BCUT2D eigenvalue weighted by Gasteiger charge is -2.10. The van der Waals surface area contributed by atoms with Crippen LogP contribution in [-0.2, 0) is 0 Å². The number of hydrogen-bond acceptors (Lipinski definition) is 4. The van der Waals surface area contributed by atoms with E-state index in [-0.39, 0.29) is 17.2 Å². The molecule has 3 N–H and O–H groups in total. The van der Waals surface area contributed by atoms with Gasteiger partial charge in [-0.3, -0.25) is 14.8 Å². The molecule has 0 aliphatic heterocycles. The van der Waals surface area contributed by atoms with Crippen molar-refractivity contribution in [3.63, 3.8) is 0 Å². The molecule has 0 fully saturated rings. The first kappa shape index (κ1) is 19.5. The maximum Gasteiger partial charge on any atom is 0.258 e. The number of nitrogens with zero attached hydrogens (tertiary/aromatic N) is 2. The summed E-state index contributed by atoms with van der Waals surface area (Å²) in [6.07, 6.45) is 3.16. The van der Waals surface area contributed by atoms with Crippen LogP contribution in [0.3, 0.4) is 0 Å². The molecule has 0 aliphatic carbocycles. The van der Waals surface area contributed by atoms with Gasteiger partial charge in [0.05, 0.1) is 16.1 Å². The van der Waals surface area contributed by atoms with E-state index in [1.54, 1.807) is 37.4 Å². The van der Waals surface area contributed by atoms with Crippen molar-refractivity contribution in [1.29, 1.82) is 0 Å². The summed E-state index contributed by atoms with van der Waals surface area (Å²) in [4.78, 5) is 21.0. The van der Waals surface area contributed by atoms with E-state index in [9.17, 15) is 9.18 Å². The SMILES string of the molecule is CN=C(/C=C(\N)c1ccc(F)cc1C)NC(=O)c1cc2ncccc2cc1Cl. The number of aromatic nitrogens is 1. The number of amides is 1. The van der Waals surface area contributed by atoms with Gasteiger partial charge in [-0.2, -0.15) is 0 Å². The van der Waals surface area contributed by atoms with Gasteiger partial charge in [0.25, 0.3) is 5.91 Å². The molecule has 7 heteroatoms. The highest BCUT2D eigenvalue weighted by atomic mass is 35.5. The third-order valence-corrected chi connectivity index (χ3v) is 4.52. The summed E-state index contributed by atoms with van der Waals surface area (Å²) < 4.78 is 13.3. The topological polar surface area (TPSA) is 80.4 Å². The fraction of sp³-hybridized carbons (Fsp3) is 0.0952. The number of aryl methyl sites for hydroxylation is 1. The summed E-state index contributed by atoms with van der Waals surface area (Å²) in [5, 5.41) is 3.83. The van der Waals surface area contributed by atoms with E-state index in [1.807, 2.05) is 6.07 Å². The Morgan fingerprint density at radius 2 is 2.04 bits per heavy atom. The maximum absolute atomic E-state index is 13.3. The molecule has 28 heavy (non-hydrogen) atoms. The van der Waals surface area contributed by atoms with Crippen molar-refractivity contribution in [2.75, 3.05) is 7.05 Å². The molecule has 1 heterocycles. The number of carbonyl (C=O) groups excluding carboxylic acids is 1. The van der Waals surface area contributed by atoms with E-state index in [0.29, 0.717) is 27.4 Å². The zero-order valence-corrected chi connectivity index (χ0v) is 16.1. The molecule has 0 saturated heterocycles. The average molecular weight is 397 g/mol. The fourth-order valence-electron chi connectivity index (χ4n) is 2.78. The van der Waals surface area contributed by atoms with Crippen LogP contribution in [0.1, 0.15) is 21.5 Å². The predicted molar refractivity (Wildman–Crippen MR) is 111 cm³/mol. The summed E-state index contributed by atoms with van der Waals surface area (Å²) in [7, 11) is 1.53. The third kappa shape index (κ3) is 4.18. The molecular formula is C21H18ClFN4O. The van der Waals surface area contributed by atoms with Crippen LogP contribution in [-0.4, -0.2) is 23.8 Å². The van der Waals surface area contributed by atoms with Gasteiger partial charge in [0.2, 0.25) is 0 Å². The minimum Gasteiger partial charge on any atom is -0.398 e. The van der Waals surface area contributed by atoms with Gasteiger partial charge < -0.3 is 11.1 Å². The number of fused-ring (bicyclic) bond motifs is 1. The number of aliphatic imine (C=N–C) groups is 1. The average Bonchev–Trinajstić information content (AvgIpc) is 2.66. The Bertz CT molecular complexity index is 1120. The Hall–Kier alpha value is -3.25. The van der Waals surface area contributed by atoms with Gasteiger partial charge in [0.1, 0.15) is 11.7 Å². The molecular weight excluding hydrogens is 379 g/mol. The van der Waals surface area contributed by atoms with Crippen LogP contribution < -0.4 is 11.1 Å². The van der Waals surface area contributed by atoms with Crippen LogP contribution in [0.5, 0.6) is 0 Å². The Morgan fingerprint density at radius 3 is 2.75 bits per heavy atom. The molecule has 5 nitrogen and oxygen atoms in total. The Morgan fingerprint density at radius 1 is 1.25 bits per heavy atom. The molecule has 3 rings (SSSR count). The van der Waals surface area contributed by atoms with Crippen LogP contribution in [0, 0.1) is 12.7 Å². The maximum atomic E-state index is 13.3. The first-order valence-corrected chi connectivity index (χ1v) is 8.83. The number of pyridine rings is 1. The summed E-state index contributed by atoms with van der Waals surface area (Å²) in [6.45, 7) is 1.75. The number of carbonyl (C=O) groups is 1. The zero-order valence-electron chi connectivity index (χ0n) is 15.3. The standard InChI is InChI=1S/C21H18ClFN4O/c1-12-8-14(23)5-6-15(12)18(24)11-20(25-2)27-21(28)16-10-19-13(9-17(16)22)4-3-7-26-19/h3-11H,24H2,1-2H3,(H,25,27,28)/b18-11-. The largest absolute Gasteiger partial charge is 0.398 e. The number of nitrogens with two attached hydrogens (primary N) is 1. The number of halogens is 2. The second kappa shape index (κ2) is 8.19. The first-order chi connectivity index (χ1) is 13.4. The quantitative estimate of drug-likeness (QED) is 0.516. The van der Waals surface area contributed by atoms with Crippen LogP contribution in [0.2, 0.25) is 5.02 Å². The molecule has 2 aromatic carbocycles. The van der Waals surface area contributed by atoms with Gasteiger partial charge in [-0.05, 0) is 48.9 Å². The fourth-order valence-corrected chi connectivity index (χ4v) is 3.04. The highest BCUT2D eigenvalue weighted by molar-refractivity contribution is 6.35. The minimum absolute atomic E-state index is 0.253. The normalized spacial score (nSPS) is 12.3. The molecule has 0 unspecified atom stereocenters. The van der Waals surface area contributed by atoms with Gasteiger partial charge in [-0.25, -0.2) is 4.39 Å². The van der Waals surface area contributed by atoms with E-state index in [2.05, 4.69) is 15.3 Å². The molecule has 0 bridgehead atoms. The molecule has 0 saturated carbocycles. The molecule has 1 amide bonds. The van der Waals surface area contributed by atoms with Crippen LogP contribution in [0.25, 0.3) is 16.6 Å². The van der Waals surface area contributed by atoms with Crippen molar-refractivity contribution >= 4 is 39.9 Å². The van der Waals surface area contributed by atoms with Gasteiger partial charge in [0, 0.05) is 36.0 Å². The zero-order chi connectivity index (χ0) is 20.3. The number of hydrogen-bond donors (Lipinski definition) is 2. The second-order valence-corrected chi connectivity index (χ2v) is 6.56. The lowest BCUT2D eigenvalue weighted by atomic mass is 10.1. The van der Waals surface area contributed by atoms with Crippen LogP contribution >= 0.6 is 11.6 Å². The Kier molecular flexibility index (Phi) is 5.70. The highest BCUT2D eigenvalue weighted by Crippen LogP contribution is 2.23. The monoisotopic (exact) mass is 396 g/mol. The summed E-state index contributed by atoms with van der Waals surface area (Å²) in [6, 6.07) is 11.3. The van der Waals surface area contributed by atoms with E-state index < -0.39 is 5.91 Å². The number of benzene rings is 2. The number of nitrogens with one attached hydrogen (secondary N) is 1. The third-order valence-electron chi connectivity index (χ3n) is 4.21. The van der Waals surface area contributed by atoms with Crippen molar-refractivity contribution in [2.45, 2.75) is 6.92 Å². The smallest absolute Gasteiger partial charge is 0.258 e. The number of rotatable bonds is 3. The molecule has 0 aliphatic rings. The summed E-state index contributed by atoms with van der Waals surface area (Å²) >= 11 is 6.26. The van der Waals surface area contributed by atoms with E-state index >= 15 is 0 Å². The van der Waals surface area contributed by atoms with E-state index in [0.717, 1.165) is 5.39 Å².